The van der Waals surface area contributed by atoms with Gasteiger partial charge < -0.3 is 11.1 Å². The second-order valence-corrected chi connectivity index (χ2v) is 9.16. The van der Waals surface area contributed by atoms with Crippen LogP contribution in [0.25, 0.3) is 11.1 Å². The van der Waals surface area contributed by atoms with Crippen LogP contribution < -0.4 is 11.1 Å². The standard InChI is InChI=1S/C24H18F2N4O2S/c25-18-6-1-15(2-7-18)17-5-11-21(27)22(13-17)30-24(31)16-3-9-20(10-4-16)33(28,32)23-12-8-19(26)14-29-23/h1-14,28H,27H2,(H,30,31). The van der Waals surface area contributed by atoms with E-state index in [-0.39, 0.29) is 21.3 Å². The Labute approximate surface area is 189 Å². The van der Waals surface area contributed by atoms with E-state index in [0.29, 0.717) is 11.4 Å². The van der Waals surface area contributed by atoms with E-state index in [4.69, 9.17) is 10.5 Å². The van der Waals surface area contributed by atoms with Crippen LogP contribution in [0.2, 0.25) is 0 Å². The molecule has 1 amide bonds. The highest BCUT2D eigenvalue weighted by Crippen LogP contribution is 2.28. The summed E-state index contributed by atoms with van der Waals surface area (Å²) >= 11 is 0. The van der Waals surface area contributed by atoms with Crippen LogP contribution in [-0.2, 0) is 9.73 Å². The Hall–Kier alpha value is -4.11. The quantitative estimate of drug-likeness (QED) is 0.347. The Morgan fingerprint density at radius 3 is 2.15 bits per heavy atom. The van der Waals surface area contributed by atoms with Crippen molar-refractivity contribution in [1.82, 2.24) is 4.98 Å². The highest BCUT2D eigenvalue weighted by molar-refractivity contribution is 7.92. The number of rotatable bonds is 5. The fourth-order valence-corrected chi connectivity index (χ4v) is 4.35. The lowest BCUT2D eigenvalue weighted by Crippen LogP contribution is -2.13. The lowest BCUT2D eigenvalue weighted by molar-refractivity contribution is 0.102. The molecule has 4 N–H and O–H groups in total. The molecule has 0 fully saturated rings. The summed E-state index contributed by atoms with van der Waals surface area (Å²) in [6.07, 6.45) is 0.899. The molecular formula is C24H18F2N4O2S. The number of pyridine rings is 1. The van der Waals surface area contributed by atoms with Crippen LogP contribution in [0, 0.1) is 16.4 Å². The summed E-state index contributed by atoms with van der Waals surface area (Å²) in [5.41, 5.74) is 8.50. The van der Waals surface area contributed by atoms with Crippen LogP contribution >= 0.6 is 0 Å². The number of nitrogen functional groups attached to an aromatic ring is 1. The van der Waals surface area contributed by atoms with Gasteiger partial charge in [0, 0.05) is 5.56 Å². The van der Waals surface area contributed by atoms with Gasteiger partial charge in [-0.3, -0.25) is 4.79 Å². The van der Waals surface area contributed by atoms with E-state index in [2.05, 4.69) is 10.3 Å². The minimum atomic E-state index is -3.46. The lowest BCUT2D eigenvalue weighted by Gasteiger charge is -2.12. The van der Waals surface area contributed by atoms with E-state index in [0.717, 1.165) is 23.4 Å². The van der Waals surface area contributed by atoms with Gasteiger partial charge in [0.15, 0.2) is 0 Å². The number of carbonyl (C=O) groups excluding carboxylic acids is 1. The third-order valence-corrected chi connectivity index (χ3v) is 6.69. The number of amides is 1. The Balaban J connectivity index is 1.55. The Kier molecular flexibility index (Phi) is 5.89. The summed E-state index contributed by atoms with van der Waals surface area (Å²) < 4.78 is 47.3. The third-order valence-electron chi connectivity index (χ3n) is 4.92. The Morgan fingerprint density at radius 1 is 0.879 bits per heavy atom. The average molecular weight is 464 g/mol. The Bertz CT molecular complexity index is 1420. The molecule has 9 heteroatoms. The monoisotopic (exact) mass is 464 g/mol. The van der Waals surface area contributed by atoms with Gasteiger partial charge in [0.25, 0.3) is 5.91 Å². The summed E-state index contributed by atoms with van der Waals surface area (Å²) in [7, 11) is -3.46. The van der Waals surface area contributed by atoms with E-state index in [1.54, 1.807) is 30.3 Å². The molecule has 0 spiro atoms. The number of benzene rings is 3. The van der Waals surface area contributed by atoms with Crippen LogP contribution in [0.4, 0.5) is 20.2 Å². The summed E-state index contributed by atoms with van der Waals surface area (Å²) in [5.74, 6) is -1.40. The maximum absolute atomic E-state index is 13.2. The first-order valence-corrected chi connectivity index (χ1v) is 11.3. The Morgan fingerprint density at radius 2 is 1.52 bits per heavy atom. The van der Waals surface area contributed by atoms with Crippen molar-refractivity contribution in [2.24, 2.45) is 0 Å². The molecule has 1 atom stereocenters. The zero-order valence-electron chi connectivity index (χ0n) is 17.1. The molecule has 0 saturated heterocycles. The minimum Gasteiger partial charge on any atom is -0.397 e. The van der Waals surface area contributed by atoms with Crippen LogP contribution in [0.5, 0.6) is 0 Å². The number of aromatic nitrogens is 1. The van der Waals surface area contributed by atoms with Gasteiger partial charge in [-0.1, -0.05) is 18.2 Å². The number of nitrogens with one attached hydrogen (secondary N) is 2. The van der Waals surface area contributed by atoms with E-state index in [1.807, 2.05) is 0 Å². The van der Waals surface area contributed by atoms with Gasteiger partial charge in [0.2, 0.25) is 0 Å². The first kappa shape index (κ1) is 22.1. The predicted molar refractivity (Wildman–Crippen MR) is 122 cm³/mol. The third kappa shape index (κ3) is 4.73. The average Bonchev–Trinajstić information content (AvgIpc) is 2.81. The smallest absolute Gasteiger partial charge is 0.255 e. The molecule has 166 valence electrons. The molecule has 0 aliphatic carbocycles. The van der Waals surface area contributed by atoms with Gasteiger partial charge in [0.1, 0.15) is 26.4 Å². The summed E-state index contributed by atoms with van der Waals surface area (Å²) in [5, 5.41) is 2.66. The largest absolute Gasteiger partial charge is 0.397 e. The van der Waals surface area contributed by atoms with Gasteiger partial charge in [-0.25, -0.2) is 22.8 Å². The number of nitrogens with two attached hydrogens (primary N) is 1. The summed E-state index contributed by atoms with van der Waals surface area (Å²) in [6.45, 7) is 0. The predicted octanol–water partition coefficient (Wildman–Crippen LogP) is 5.33. The van der Waals surface area contributed by atoms with E-state index in [1.165, 1.54) is 42.5 Å². The van der Waals surface area contributed by atoms with Crippen molar-refractivity contribution in [3.05, 3.63) is 102 Å². The van der Waals surface area contributed by atoms with E-state index in [9.17, 15) is 17.8 Å². The maximum Gasteiger partial charge on any atom is 0.255 e. The molecule has 33 heavy (non-hydrogen) atoms. The number of carbonyl (C=O) groups is 1. The summed E-state index contributed by atoms with van der Waals surface area (Å²) in [4.78, 5) is 16.6. The van der Waals surface area contributed by atoms with Crippen molar-refractivity contribution in [2.45, 2.75) is 9.92 Å². The van der Waals surface area contributed by atoms with E-state index >= 15 is 0 Å². The van der Waals surface area contributed by atoms with Crippen LogP contribution in [-0.4, -0.2) is 15.1 Å². The van der Waals surface area contributed by atoms with Gasteiger partial charge >= 0.3 is 0 Å². The van der Waals surface area contributed by atoms with Crippen LogP contribution in [0.1, 0.15) is 10.4 Å². The topological polar surface area (TPSA) is 109 Å². The first-order chi connectivity index (χ1) is 15.7. The van der Waals surface area contributed by atoms with Crippen molar-refractivity contribution in [3.8, 4) is 11.1 Å². The van der Waals surface area contributed by atoms with Gasteiger partial charge in [-0.05, 0) is 71.8 Å². The molecule has 6 nitrogen and oxygen atoms in total. The molecule has 0 aliphatic heterocycles. The molecule has 0 radical (unpaired) electrons. The zero-order chi connectivity index (χ0) is 23.6. The maximum atomic E-state index is 13.2. The highest BCUT2D eigenvalue weighted by Gasteiger charge is 2.17. The number of hydrogen-bond donors (Lipinski definition) is 3. The SMILES string of the molecule is N=S(=O)(c1ccc(C(=O)Nc2cc(-c3ccc(F)cc3)ccc2N)cc1)c1ccc(F)cn1. The van der Waals surface area contributed by atoms with Crippen molar-refractivity contribution in [3.63, 3.8) is 0 Å². The van der Waals surface area contributed by atoms with Gasteiger partial charge in [-0.15, -0.1) is 0 Å². The molecule has 3 aromatic carbocycles. The number of hydrogen-bond acceptors (Lipinski definition) is 5. The molecular weight excluding hydrogens is 446 g/mol. The highest BCUT2D eigenvalue weighted by atomic mass is 32.2. The fourth-order valence-electron chi connectivity index (χ4n) is 3.13. The number of halogens is 2. The molecule has 0 aliphatic rings. The fraction of sp³-hybridized carbons (Fsp3) is 0. The van der Waals surface area contributed by atoms with Crippen molar-refractivity contribution < 1.29 is 17.8 Å². The number of nitrogens with zero attached hydrogens (tertiary/aromatic N) is 1. The summed E-state index contributed by atoms with van der Waals surface area (Å²) in [6, 6.07) is 19.0. The second-order valence-electron chi connectivity index (χ2n) is 7.16. The molecule has 4 aromatic rings. The van der Waals surface area contributed by atoms with E-state index < -0.39 is 21.5 Å². The van der Waals surface area contributed by atoms with Gasteiger partial charge in [0.05, 0.1) is 22.5 Å². The minimum absolute atomic E-state index is 0.0773. The van der Waals surface area contributed by atoms with Crippen molar-refractivity contribution in [2.75, 3.05) is 11.1 Å². The molecule has 4 rings (SSSR count). The zero-order valence-corrected chi connectivity index (χ0v) is 17.9. The lowest BCUT2D eigenvalue weighted by atomic mass is 10.0. The normalized spacial score (nSPS) is 12.7. The molecule has 0 saturated carbocycles. The molecule has 1 heterocycles. The van der Waals surface area contributed by atoms with Crippen LogP contribution in [0.3, 0.4) is 0 Å². The van der Waals surface area contributed by atoms with Gasteiger partial charge in [-0.2, -0.15) is 0 Å². The van der Waals surface area contributed by atoms with Crippen molar-refractivity contribution in [1.29, 1.82) is 4.78 Å². The first-order valence-electron chi connectivity index (χ1n) is 9.71. The molecule has 1 unspecified atom stereocenters. The molecule has 0 bridgehead atoms. The second kappa shape index (κ2) is 8.79. The van der Waals surface area contributed by atoms with Crippen molar-refractivity contribution >= 4 is 27.0 Å². The van der Waals surface area contributed by atoms with Crippen LogP contribution in [0.15, 0.2) is 95.0 Å². The number of anilines is 2. The molecule has 1 aromatic heterocycles.